The molecular weight excluding hydrogens is 362 g/mol. The number of amides is 1. The molecule has 0 radical (unpaired) electrons. The summed E-state index contributed by atoms with van der Waals surface area (Å²) in [5.74, 6) is -0.0489. The number of fused-ring (bicyclic) bond motifs is 1. The topological polar surface area (TPSA) is 64.4 Å². The van der Waals surface area contributed by atoms with E-state index in [4.69, 9.17) is 4.74 Å². The first kappa shape index (κ1) is 19.9. The maximum absolute atomic E-state index is 12.6. The van der Waals surface area contributed by atoms with Gasteiger partial charge in [-0.3, -0.25) is 9.48 Å². The Hall–Kier alpha value is -1.89. The highest BCUT2D eigenvalue weighted by atomic mass is 32.1. The summed E-state index contributed by atoms with van der Waals surface area (Å²) < 4.78 is 7.46. The van der Waals surface area contributed by atoms with E-state index in [1.165, 1.54) is 11.3 Å². The van der Waals surface area contributed by atoms with E-state index in [0.717, 1.165) is 61.2 Å². The first-order valence-corrected chi connectivity index (χ1v) is 10.6. The summed E-state index contributed by atoms with van der Waals surface area (Å²) in [5.41, 5.74) is 0.912. The SMILES string of the molecule is Cc1nn(CC(C)C)c2sc(C(=O)OC(C)C(=O)N3CCCCCC3)cc12. The molecule has 0 aliphatic carbocycles. The number of aromatic nitrogens is 2. The molecule has 0 spiro atoms. The lowest BCUT2D eigenvalue weighted by molar-refractivity contribution is -0.139. The zero-order valence-electron chi connectivity index (χ0n) is 16.7. The van der Waals surface area contributed by atoms with E-state index in [-0.39, 0.29) is 5.91 Å². The fraction of sp³-hybridized carbons (Fsp3) is 0.650. The molecule has 0 aromatic carbocycles. The maximum Gasteiger partial charge on any atom is 0.349 e. The molecule has 1 saturated heterocycles. The highest BCUT2D eigenvalue weighted by Crippen LogP contribution is 2.29. The van der Waals surface area contributed by atoms with Crippen LogP contribution in [0.15, 0.2) is 6.07 Å². The van der Waals surface area contributed by atoms with E-state index in [1.54, 1.807) is 6.92 Å². The van der Waals surface area contributed by atoms with Crippen LogP contribution < -0.4 is 0 Å². The fourth-order valence-electron chi connectivity index (χ4n) is 3.50. The molecule has 1 unspecified atom stereocenters. The third-order valence-electron chi connectivity index (χ3n) is 4.90. The first-order valence-electron chi connectivity index (χ1n) is 9.83. The molecule has 2 aromatic heterocycles. The van der Waals surface area contributed by atoms with Crippen LogP contribution in [-0.4, -0.2) is 45.8 Å². The Morgan fingerprint density at radius 2 is 1.85 bits per heavy atom. The molecule has 1 amide bonds. The van der Waals surface area contributed by atoms with Crippen LogP contribution in [0.1, 0.15) is 61.8 Å². The summed E-state index contributed by atoms with van der Waals surface area (Å²) in [5, 5.41) is 5.55. The number of ether oxygens (including phenoxy) is 1. The summed E-state index contributed by atoms with van der Waals surface area (Å²) in [6.07, 6.45) is 3.61. The Morgan fingerprint density at radius 1 is 1.19 bits per heavy atom. The highest BCUT2D eigenvalue weighted by molar-refractivity contribution is 7.20. The smallest absolute Gasteiger partial charge is 0.349 e. The van der Waals surface area contributed by atoms with E-state index in [0.29, 0.717) is 10.8 Å². The standard InChI is InChI=1S/C20H29N3O3S/c1-13(2)12-23-19-16(14(3)21-23)11-17(27-19)20(25)26-15(4)18(24)22-9-7-5-6-8-10-22/h11,13,15H,5-10,12H2,1-4H3. The third kappa shape index (κ3) is 4.51. The summed E-state index contributed by atoms with van der Waals surface area (Å²) in [6, 6.07) is 1.84. The van der Waals surface area contributed by atoms with E-state index >= 15 is 0 Å². The van der Waals surface area contributed by atoms with Crippen LogP contribution in [-0.2, 0) is 16.1 Å². The molecule has 0 saturated carbocycles. The average molecular weight is 392 g/mol. The number of carbonyl (C=O) groups excluding carboxylic acids is 2. The predicted molar refractivity (Wildman–Crippen MR) is 107 cm³/mol. The Labute approximate surface area is 164 Å². The Kier molecular flexibility index (Phi) is 6.19. The number of thiophene rings is 1. The quantitative estimate of drug-likeness (QED) is 0.723. The molecule has 1 aliphatic rings. The number of hydrogen-bond donors (Lipinski definition) is 0. The van der Waals surface area contributed by atoms with Gasteiger partial charge >= 0.3 is 5.97 Å². The van der Waals surface area contributed by atoms with Gasteiger partial charge in [0.25, 0.3) is 5.91 Å². The molecule has 2 aromatic rings. The average Bonchev–Trinajstić information content (AvgIpc) is 3.04. The number of hydrogen-bond acceptors (Lipinski definition) is 5. The molecule has 1 aliphatic heterocycles. The molecule has 148 valence electrons. The molecule has 1 fully saturated rings. The van der Waals surface area contributed by atoms with Gasteiger partial charge in [-0.25, -0.2) is 4.79 Å². The van der Waals surface area contributed by atoms with Gasteiger partial charge in [-0.2, -0.15) is 5.10 Å². The van der Waals surface area contributed by atoms with Crippen molar-refractivity contribution in [1.82, 2.24) is 14.7 Å². The second-order valence-corrected chi connectivity index (χ2v) is 8.81. The molecule has 3 heterocycles. The zero-order chi connectivity index (χ0) is 19.6. The van der Waals surface area contributed by atoms with Gasteiger partial charge in [0, 0.05) is 25.0 Å². The van der Waals surface area contributed by atoms with Crippen molar-refractivity contribution in [3.8, 4) is 0 Å². The molecule has 0 N–H and O–H groups in total. The summed E-state index contributed by atoms with van der Waals surface area (Å²) in [4.78, 5) is 28.6. The number of aryl methyl sites for hydroxylation is 1. The second-order valence-electron chi connectivity index (χ2n) is 7.78. The van der Waals surface area contributed by atoms with Gasteiger partial charge < -0.3 is 9.64 Å². The van der Waals surface area contributed by atoms with Gasteiger partial charge in [-0.1, -0.05) is 26.7 Å². The minimum Gasteiger partial charge on any atom is -0.448 e. The van der Waals surface area contributed by atoms with Gasteiger partial charge in [0.05, 0.1) is 5.69 Å². The van der Waals surface area contributed by atoms with Crippen molar-refractivity contribution in [2.75, 3.05) is 13.1 Å². The van der Waals surface area contributed by atoms with Crippen LogP contribution in [0, 0.1) is 12.8 Å². The second kappa shape index (κ2) is 8.42. The van der Waals surface area contributed by atoms with Crippen molar-refractivity contribution in [2.24, 2.45) is 5.92 Å². The highest BCUT2D eigenvalue weighted by Gasteiger charge is 2.26. The van der Waals surface area contributed by atoms with Crippen molar-refractivity contribution < 1.29 is 14.3 Å². The number of esters is 1. The minimum atomic E-state index is -0.755. The fourth-order valence-corrected chi connectivity index (χ4v) is 4.55. The monoisotopic (exact) mass is 391 g/mol. The van der Waals surface area contributed by atoms with Gasteiger partial charge in [0.2, 0.25) is 0 Å². The number of likely N-dealkylation sites (tertiary alicyclic amines) is 1. The lowest BCUT2D eigenvalue weighted by atomic mass is 10.2. The van der Waals surface area contributed by atoms with Crippen LogP contribution in [0.5, 0.6) is 0 Å². The van der Waals surface area contributed by atoms with E-state index in [9.17, 15) is 9.59 Å². The first-order chi connectivity index (χ1) is 12.9. The number of carbonyl (C=O) groups is 2. The lowest BCUT2D eigenvalue weighted by Crippen LogP contribution is -2.40. The van der Waals surface area contributed by atoms with Crippen LogP contribution in [0.3, 0.4) is 0 Å². The molecule has 27 heavy (non-hydrogen) atoms. The predicted octanol–water partition coefficient (Wildman–Crippen LogP) is 4.01. The van der Waals surface area contributed by atoms with Crippen LogP contribution in [0.4, 0.5) is 0 Å². The normalized spacial score (nSPS) is 16.6. The van der Waals surface area contributed by atoms with Gasteiger partial charge in [-0.05, 0) is 38.7 Å². The van der Waals surface area contributed by atoms with Crippen molar-refractivity contribution in [1.29, 1.82) is 0 Å². The van der Waals surface area contributed by atoms with Gasteiger partial charge in [-0.15, -0.1) is 11.3 Å². The summed E-state index contributed by atoms with van der Waals surface area (Å²) >= 11 is 1.39. The van der Waals surface area contributed by atoms with Crippen LogP contribution >= 0.6 is 11.3 Å². The van der Waals surface area contributed by atoms with Crippen molar-refractivity contribution >= 4 is 33.4 Å². The summed E-state index contributed by atoms with van der Waals surface area (Å²) in [7, 11) is 0. The van der Waals surface area contributed by atoms with Crippen LogP contribution in [0.2, 0.25) is 0 Å². The molecule has 3 rings (SSSR count). The maximum atomic E-state index is 12.6. The number of rotatable bonds is 5. The Morgan fingerprint density at radius 3 is 2.48 bits per heavy atom. The molecular formula is C20H29N3O3S. The van der Waals surface area contributed by atoms with E-state index in [1.807, 2.05) is 22.6 Å². The largest absolute Gasteiger partial charge is 0.448 e. The summed E-state index contributed by atoms with van der Waals surface area (Å²) in [6.45, 7) is 10.2. The molecule has 1 atom stereocenters. The number of nitrogens with zero attached hydrogens (tertiary/aromatic N) is 3. The van der Waals surface area contributed by atoms with E-state index in [2.05, 4.69) is 18.9 Å². The van der Waals surface area contributed by atoms with Crippen molar-refractivity contribution in [2.45, 2.75) is 66.0 Å². The van der Waals surface area contributed by atoms with Crippen molar-refractivity contribution in [3.63, 3.8) is 0 Å². The van der Waals surface area contributed by atoms with Crippen LogP contribution in [0.25, 0.3) is 10.2 Å². The van der Waals surface area contributed by atoms with Gasteiger partial charge in [0.1, 0.15) is 9.71 Å². The van der Waals surface area contributed by atoms with E-state index < -0.39 is 12.1 Å². The third-order valence-corrected chi connectivity index (χ3v) is 6.02. The molecule has 7 heteroatoms. The zero-order valence-corrected chi connectivity index (χ0v) is 17.5. The Balaban J connectivity index is 1.70. The molecule has 0 bridgehead atoms. The van der Waals surface area contributed by atoms with Gasteiger partial charge in [0.15, 0.2) is 6.10 Å². The minimum absolute atomic E-state index is 0.0893. The Bertz CT molecular complexity index is 816. The van der Waals surface area contributed by atoms with Crippen molar-refractivity contribution in [3.05, 3.63) is 16.6 Å². The molecule has 6 nitrogen and oxygen atoms in total. The lowest BCUT2D eigenvalue weighted by Gasteiger charge is -2.23.